The maximum Gasteiger partial charge on any atom is 0.138 e. The van der Waals surface area contributed by atoms with E-state index in [2.05, 4.69) is 0 Å². The summed E-state index contributed by atoms with van der Waals surface area (Å²) in [5, 5.41) is -3.32. The summed E-state index contributed by atoms with van der Waals surface area (Å²) in [4.78, 5) is 0. The van der Waals surface area contributed by atoms with Gasteiger partial charge in [0, 0.05) is 10.8 Å². The Balaban J connectivity index is 1.42. The molecular formula is C55H40O. The van der Waals surface area contributed by atoms with E-state index in [-0.39, 0.29) is 112 Å². The van der Waals surface area contributed by atoms with Crippen molar-refractivity contribution in [3.63, 3.8) is 0 Å². The standard InChI is InChI=1S/C55H40O/c1-31-20-22-39-30-49-51(35(5)47(39)26-31)54-46(25-21-33(3)55(54)56-49)53-43-17-8-6-15-41(43)52(42-16-7-9-18-44(42)53)40-14-11-13-36(28-40)37-23-24-38-27-34(4)50-32(2)12-10-19-45(50)48(38)29-37/h6-30H,1-5H3/i6D,7D,8D,9D,10D,11D,12D,13D,14D,15D,16D,17D,18D,19D,20D,21D,22D,23D,24D,25D,26D,27D,28D,29D,30D. The molecule has 0 radical (unpaired) electrons. The highest BCUT2D eigenvalue weighted by molar-refractivity contribution is 6.27. The van der Waals surface area contributed by atoms with Gasteiger partial charge in [-0.25, -0.2) is 0 Å². The third-order valence-corrected chi connectivity index (χ3v) is 10.4. The van der Waals surface area contributed by atoms with E-state index < -0.39 is 176 Å². The molecule has 1 nitrogen and oxygen atoms in total. The zero-order chi connectivity index (χ0) is 59.6. The quantitative estimate of drug-likeness (QED) is 0.130. The third-order valence-electron chi connectivity index (χ3n) is 10.4. The first-order valence-electron chi connectivity index (χ1n) is 30.2. The van der Waals surface area contributed by atoms with E-state index in [4.69, 9.17) is 19.5 Å². The molecule has 1 heterocycles. The van der Waals surface area contributed by atoms with E-state index in [1.54, 1.807) is 0 Å². The Hall–Kier alpha value is -6.70. The normalized spacial score (nSPS) is 18.3. The molecule has 0 unspecified atom stereocenters. The molecule has 0 N–H and O–H groups in total. The first-order chi connectivity index (χ1) is 37.8. The van der Waals surface area contributed by atoms with Gasteiger partial charge in [0.05, 0.1) is 34.3 Å². The van der Waals surface area contributed by atoms with Gasteiger partial charge in [-0.2, -0.15) is 0 Å². The van der Waals surface area contributed by atoms with Crippen molar-refractivity contribution in [1.29, 1.82) is 0 Å². The molecule has 0 saturated heterocycles. The average molecular weight is 742 g/mol. The fraction of sp³-hybridized carbons (Fsp3) is 0.0909. The minimum absolute atomic E-state index is 0.0228. The van der Waals surface area contributed by atoms with Gasteiger partial charge < -0.3 is 4.42 Å². The molecule has 11 rings (SSSR count). The first kappa shape index (κ1) is 16.2. The zero-order valence-electron chi connectivity index (χ0n) is 55.4. The van der Waals surface area contributed by atoms with E-state index in [9.17, 15) is 19.2 Å². The molecule has 266 valence electrons. The van der Waals surface area contributed by atoms with Crippen molar-refractivity contribution >= 4 is 75.8 Å². The Morgan fingerprint density at radius 1 is 0.393 bits per heavy atom. The first-order valence-corrected chi connectivity index (χ1v) is 17.7. The van der Waals surface area contributed by atoms with Gasteiger partial charge in [-0.1, -0.05) is 138 Å². The number of hydrogen-bond donors (Lipinski definition) is 0. The van der Waals surface area contributed by atoms with Gasteiger partial charge in [-0.3, -0.25) is 0 Å². The van der Waals surface area contributed by atoms with Crippen LogP contribution in [0.3, 0.4) is 0 Å². The van der Waals surface area contributed by atoms with Crippen LogP contribution in [0.15, 0.2) is 155 Å². The lowest BCUT2D eigenvalue weighted by atomic mass is 9.84. The van der Waals surface area contributed by atoms with Crippen molar-refractivity contribution < 1.29 is 38.7 Å². The van der Waals surface area contributed by atoms with Crippen molar-refractivity contribution in [2.75, 3.05) is 0 Å². The van der Waals surface area contributed by atoms with Crippen molar-refractivity contribution in [3.05, 3.63) is 179 Å². The highest BCUT2D eigenvalue weighted by atomic mass is 16.3. The molecule has 56 heavy (non-hydrogen) atoms. The fourth-order valence-corrected chi connectivity index (χ4v) is 7.89. The van der Waals surface area contributed by atoms with Crippen LogP contribution in [0.1, 0.15) is 62.1 Å². The molecule has 0 aliphatic carbocycles. The van der Waals surface area contributed by atoms with Crippen LogP contribution >= 0.6 is 0 Å². The summed E-state index contributed by atoms with van der Waals surface area (Å²) in [5.41, 5.74) is -3.64. The number of aryl methyl sites for hydroxylation is 4. The molecule has 0 atom stereocenters. The monoisotopic (exact) mass is 741 g/mol. The van der Waals surface area contributed by atoms with Gasteiger partial charge in [-0.05, 0) is 162 Å². The predicted octanol–water partition coefficient (Wildman–Crippen LogP) is 15.9. The molecule has 0 saturated carbocycles. The molecular weight excluding hydrogens is 677 g/mol. The van der Waals surface area contributed by atoms with Crippen LogP contribution in [-0.2, 0) is 0 Å². The lowest BCUT2D eigenvalue weighted by Gasteiger charge is -2.19. The van der Waals surface area contributed by atoms with Crippen LogP contribution in [-0.4, -0.2) is 0 Å². The molecule has 0 fully saturated rings. The molecule has 0 aliphatic rings. The minimum atomic E-state index is -1.02. The molecule has 0 amide bonds. The summed E-state index contributed by atoms with van der Waals surface area (Å²) in [7, 11) is 0. The van der Waals surface area contributed by atoms with Gasteiger partial charge in [0.15, 0.2) is 0 Å². The maximum absolute atomic E-state index is 10.1. The molecule has 0 bridgehead atoms. The van der Waals surface area contributed by atoms with Crippen LogP contribution in [0.5, 0.6) is 0 Å². The maximum atomic E-state index is 10.1. The molecule has 11 aromatic rings. The molecule has 1 heteroatoms. The summed E-state index contributed by atoms with van der Waals surface area (Å²) >= 11 is 0. The topological polar surface area (TPSA) is 13.1 Å². The number of benzene rings is 10. The molecule has 0 spiro atoms. The van der Waals surface area contributed by atoms with Gasteiger partial charge in [-0.15, -0.1) is 0 Å². The second-order valence-corrected chi connectivity index (χ2v) is 13.8. The average Bonchev–Trinajstić information content (AvgIpc) is 2.31. The second-order valence-electron chi connectivity index (χ2n) is 13.8. The smallest absolute Gasteiger partial charge is 0.138 e. The Labute approximate surface area is 361 Å². The van der Waals surface area contributed by atoms with Crippen molar-refractivity contribution in [3.8, 4) is 33.4 Å². The number of hydrogen-bond acceptors (Lipinski definition) is 1. The molecule has 1 aromatic heterocycles. The zero-order valence-corrected chi connectivity index (χ0v) is 30.4. The Bertz CT molecular complexity index is 4840. The predicted molar refractivity (Wildman–Crippen MR) is 241 cm³/mol. The van der Waals surface area contributed by atoms with Gasteiger partial charge in [0.2, 0.25) is 0 Å². The van der Waals surface area contributed by atoms with Crippen molar-refractivity contribution in [1.82, 2.24) is 0 Å². The fourth-order valence-electron chi connectivity index (χ4n) is 7.89. The lowest BCUT2D eigenvalue weighted by molar-refractivity contribution is 0.666. The largest absolute Gasteiger partial charge is 0.456 e. The summed E-state index contributed by atoms with van der Waals surface area (Å²) in [6, 6.07) is -18.1. The van der Waals surface area contributed by atoms with E-state index in [1.165, 1.54) is 34.6 Å². The highest BCUT2D eigenvalue weighted by Crippen LogP contribution is 2.49. The van der Waals surface area contributed by atoms with Crippen LogP contribution < -0.4 is 0 Å². The Morgan fingerprint density at radius 2 is 1.04 bits per heavy atom. The van der Waals surface area contributed by atoms with Crippen LogP contribution in [0.2, 0.25) is 0 Å². The second kappa shape index (κ2) is 12.2. The van der Waals surface area contributed by atoms with Crippen molar-refractivity contribution in [2.45, 2.75) is 34.6 Å². The SMILES string of the molecule is [2H]c1c([2H])c(-c2c([2H])c([2H])c3c([2H])c(C)c4c(C)c([2H])c([2H])c([2H])c4c3c2[2H])c([2H])c(-c2c3c([2H])c([2H])c([2H])c([2H])c3c(-c3c([2H])c([2H])c(C)c4oc5c([2H])c6c([2H])c([2H])c(C)c([2H])c6c(C)c5c34)c3c([2H])c([2H])c([2H])c([2H])c23)c1[2H]. The lowest BCUT2D eigenvalue weighted by Crippen LogP contribution is -1.92. The summed E-state index contributed by atoms with van der Waals surface area (Å²) < 4.78 is 239. The Morgan fingerprint density at radius 3 is 1.80 bits per heavy atom. The summed E-state index contributed by atoms with van der Waals surface area (Å²) in [6.07, 6.45) is 0. The number of fused-ring (bicyclic) bond motifs is 9. The third kappa shape index (κ3) is 4.74. The summed E-state index contributed by atoms with van der Waals surface area (Å²) in [6.45, 7) is 7.41. The molecule has 10 aromatic carbocycles. The van der Waals surface area contributed by atoms with Crippen LogP contribution in [0, 0.1) is 34.6 Å². The van der Waals surface area contributed by atoms with E-state index in [1.807, 2.05) is 0 Å². The van der Waals surface area contributed by atoms with Crippen molar-refractivity contribution in [2.24, 2.45) is 0 Å². The summed E-state index contributed by atoms with van der Waals surface area (Å²) in [5.74, 6) is 0. The van der Waals surface area contributed by atoms with Crippen LogP contribution in [0.25, 0.3) is 109 Å². The van der Waals surface area contributed by atoms with E-state index >= 15 is 0 Å². The minimum Gasteiger partial charge on any atom is -0.456 e. The Kier molecular flexibility index (Phi) is 3.51. The van der Waals surface area contributed by atoms with Gasteiger partial charge >= 0.3 is 0 Å². The van der Waals surface area contributed by atoms with E-state index in [0.717, 1.165) is 0 Å². The number of rotatable bonds is 3. The van der Waals surface area contributed by atoms with Gasteiger partial charge in [0.1, 0.15) is 11.2 Å². The molecule has 0 aliphatic heterocycles. The number of furan rings is 1. The van der Waals surface area contributed by atoms with E-state index in [0.29, 0.717) is 0 Å². The van der Waals surface area contributed by atoms with Gasteiger partial charge in [0.25, 0.3) is 0 Å². The highest BCUT2D eigenvalue weighted by Gasteiger charge is 2.23. The van der Waals surface area contributed by atoms with Crippen LogP contribution in [0.4, 0.5) is 0 Å².